The molecule has 5 heteroatoms. The van der Waals surface area contributed by atoms with Crippen molar-refractivity contribution in [1.29, 1.82) is 0 Å². The Kier molecular flexibility index (Phi) is 4.35. The zero-order valence-electron chi connectivity index (χ0n) is 6.98. The zero-order chi connectivity index (χ0) is 8.81. The van der Waals surface area contributed by atoms with E-state index in [-0.39, 0.29) is 0 Å². The average Bonchev–Trinajstić information content (AvgIpc) is 2.05. The Balaban J connectivity index is 2.01. The highest BCUT2D eigenvalue weighted by Crippen LogP contribution is 1.90. The predicted octanol–water partition coefficient (Wildman–Crippen LogP) is -0.160. The summed E-state index contributed by atoms with van der Waals surface area (Å²) in [5, 5.41) is 5.35. The van der Waals surface area contributed by atoms with Crippen LogP contribution in [0.4, 0.5) is 4.79 Å². The van der Waals surface area contributed by atoms with Gasteiger partial charge in [0, 0.05) is 39.3 Å². The third-order valence-electron chi connectivity index (χ3n) is 1.90. The molecule has 1 aliphatic heterocycles. The van der Waals surface area contributed by atoms with E-state index in [9.17, 15) is 4.79 Å². The third-order valence-corrected chi connectivity index (χ3v) is 2.04. The summed E-state index contributed by atoms with van der Waals surface area (Å²) in [6, 6.07) is 0. The van der Waals surface area contributed by atoms with Crippen LogP contribution in [0.15, 0.2) is 0 Å². The minimum absolute atomic E-state index is 0.467. The molecule has 0 aromatic heterocycles. The van der Waals surface area contributed by atoms with Crippen LogP contribution in [0.25, 0.3) is 0 Å². The molecule has 70 valence electrons. The molecule has 1 fully saturated rings. The monoisotopic (exact) mass is 191 g/mol. The predicted molar refractivity (Wildman–Crippen MR) is 48.6 cm³/mol. The molecule has 0 aromatic rings. The fraction of sp³-hybridized carbons (Fsp3) is 0.857. The maximum atomic E-state index is 10.3. The van der Waals surface area contributed by atoms with Crippen LogP contribution < -0.4 is 10.6 Å². The normalized spacial score (nSPS) is 19.1. The van der Waals surface area contributed by atoms with E-state index in [1.165, 1.54) is 0 Å². The molecule has 0 aliphatic carbocycles. The van der Waals surface area contributed by atoms with Crippen molar-refractivity contribution in [3.8, 4) is 0 Å². The molecule has 0 aromatic carbocycles. The number of piperazine rings is 1. The van der Waals surface area contributed by atoms with Gasteiger partial charge in [-0.15, -0.1) is 0 Å². The topological polar surface area (TPSA) is 44.4 Å². The molecule has 0 atom stereocenters. The Morgan fingerprint density at radius 2 is 2.17 bits per heavy atom. The molecule has 4 nitrogen and oxygen atoms in total. The molecular weight excluding hydrogens is 178 g/mol. The number of nitrogens with zero attached hydrogens (tertiary/aromatic N) is 1. The summed E-state index contributed by atoms with van der Waals surface area (Å²) < 4.78 is 0. The van der Waals surface area contributed by atoms with E-state index in [0.29, 0.717) is 6.54 Å². The van der Waals surface area contributed by atoms with Crippen LogP contribution in [0.2, 0.25) is 0 Å². The Labute approximate surface area is 77.2 Å². The van der Waals surface area contributed by atoms with Gasteiger partial charge in [0.25, 0.3) is 0 Å². The number of carbonyl (C=O) groups is 1. The van der Waals surface area contributed by atoms with Crippen LogP contribution in [0.1, 0.15) is 0 Å². The number of hydrogen-bond acceptors (Lipinski definition) is 3. The summed E-state index contributed by atoms with van der Waals surface area (Å²) in [6.45, 7) is 5.71. The van der Waals surface area contributed by atoms with Crippen LogP contribution in [0.3, 0.4) is 0 Å². The lowest BCUT2D eigenvalue weighted by atomic mass is 10.3. The summed E-state index contributed by atoms with van der Waals surface area (Å²) in [5.41, 5.74) is 0. The molecule has 0 saturated carbocycles. The average molecular weight is 192 g/mol. The molecule has 0 spiro atoms. The minimum atomic E-state index is -0.467. The van der Waals surface area contributed by atoms with Crippen molar-refractivity contribution >= 4 is 17.0 Å². The first kappa shape index (κ1) is 9.77. The summed E-state index contributed by atoms with van der Waals surface area (Å²) >= 11 is 5.11. The van der Waals surface area contributed by atoms with Crippen molar-refractivity contribution in [3.05, 3.63) is 0 Å². The Morgan fingerprint density at radius 3 is 2.75 bits per heavy atom. The molecule has 1 amide bonds. The second-order valence-electron chi connectivity index (χ2n) is 2.79. The molecule has 0 bridgehead atoms. The van der Waals surface area contributed by atoms with E-state index in [4.69, 9.17) is 11.6 Å². The first-order valence-corrected chi connectivity index (χ1v) is 4.53. The third kappa shape index (κ3) is 3.90. The Hall–Kier alpha value is -0.320. The van der Waals surface area contributed by atoms with E-state index >= 15 is 0 Å². The van der Waals surface area contributed by atoms with Gasteiger partial charge in [-0.3, -0.25) is 9.69 Å². The molecule has 1 heterocycles. The summed E-state index contributed by atoms with van der Waals surface area (Å²) in [4.78, 5) is 12.6. The van der Waals surface area contributed by atoms with Crippen molar-refractivity contribution in [2.45, 2.75) is 0 Å². The van der Waals surface area contributed by atoms with Gasteiger partial charge in [-0.25, -0.2) is 0 Å². The molecule has 1 saturated heterocycles. The highest BCUT2D eigenvalue weighted by atomic mass is 35.5. The largest absolute Gasteiger partial charge is 0.341 e. The molecule has 1 aliphatic rings. The van der Waals surface area contributed by atoms with Crippen molar-refractivity contribution in [2.75, 3.05) is 39.3 Å². The zero-order valence-corrected chi connectivity index (χ0v) is 7.73. The van der Waals surface area contributed by atoms with Crippen LogP contribution in [0, 0.1) is 0 Å². The lowest BCUT2D eigenvalue weighted by Gasteiger charge is -2.26. The Morgan fingerprint density at radius 1 is 1.50 bits per heavy atom. The smallest absolute Gasteiger partial charge is 0.313 e. The van der Waals surface area contributed by atoms with Crippen LogP contribution in [-0.4, -0.2) is 49.5 Å². The lowest BCUT2D eigenvalue weighted by molar-refractivity contribution is 0.236. The molecular formula is C7H14ClN3O. The summed E-state index contributed by atoms with van der Waals surface area (Å²) in [6.07, 6.45) is 0. The van der Waals surface area contributed by atoms with E-state index in [0.717, 1.165) is 32.7 Å². The second kappa shape index (κ2) is 5.35. The molecule has 0 radical (unpaired) electrons. The minimum Gasteiger partial charge on any atom is -0.341 e. The number of amides is 1. The van der Waals surface area contributed by atoms with Gasteiger partial charge in [0.1, 0.15) is 0 Å². The van der Waals surface area contributed by atoms with Crippen molar-refractivity contribution in [2.24, 2.45) is 0 Å². The van der Waals surface area contributed by atoms with Gasteiger partial charge >= 0.3 is 5.37 Å². The van der Waals surface area contributed by atoms with Gasteiger partial charge in [-0.05, 0) is 11.6 Å². The number of rotatable bonds is 3. The standard InChI is InChI=1S/C7H14ClN3O/c8-7(12)10-3-6-11-4-1-9-2-5-11/h9H,1-6H2,(H,10,12). The van der Waals surface area contributed by atoms with Crippen LogP contribution in [0.5, 0.6) is 0 Å². The van der Waals surface area contributed by atoms with Gasteiger partial charge in [0.05, 0.1) is 0 Å². The SMILES string of the molecule is O=C(Cl)NCCN1CCNCC1. The fourth-order valence-corrected chi connectivity index (χ4v) is 1.34. The molecule has 1 rings (SSSR count). The first-order chi connectivity index (χ1) is 5.79. The second-order valence-corrected chi connectivity index (χ2v) is 3.14. The molecule has 12 heavy (non-hydrogen) atoms. The van der Waals surface area contributed by atoms with E-state index in [2.05, 4.69) is 15.5 Å². The highest BCUT2D eigenvalue weighted by molar-refractivity contribution is 6.62. The van der Waals surface area contributed by atoms with Crippen molar-refractivity contribution < 1.29 is 4.79 Å². The summed E-state index contributed by atoms with van der Waals surface area (Å²) in [7, 11) is 0. The molecule has 0 unspecified atom stereocenters. The van der Waals surface area contributed by atoms with Gasteiger partial charge in [0.15, 0.2) is 0 Å². The number of nitrogens with one attached hydrogen (secondary N) is 2. The number of carbonyl (C=O) groups excluding carboxylic acids is 1. The van der Waals surface area contributed by atoms with Crippen LogP contribution >= 0.6 is 11.6 Å². The fourth-order valence-electron chi connectivity index (χ4n) is 1.25. The first-order valence-electron chi connectivity index (χ1n) is 4.15. The maximum Gasteiger partial charge on any atom is 0.313 e. The van der Waals surface area contributed by atoms with Gasteiger partial charge in [-0.1, -0.05) is 0 Å². The number of halogens is 1. The van der Waals surface area contributed by atoms with E-state index in [1.54, 1.807) is 0 Å². The Bertz CT molecular complexity index is 148. The maximum absolute atomic E-state index is 10.3. The molecule has 2 N–H and O–H groups in total. The van der Waals surface area contributed by atoms with E-state index in [1.807, 2.05) is 0 Å². The van der Waals surface area contributed by atoms with Crippen molar-refractivity contribution in [1.82, 2.24) is 15.5 Å². The van der Waals surface area contributed by atoms with Crippen LogP contribution in [-0.2, 0) is 0 Å². The van der Waals surface area contributed by atoms with Gasteiger partial charge < -0.3 is 10.6 Å². The van der Waals surface area contributed by atoms with Gasteiger partial charge in [-0.2, -0.15) is 0 Å². The van der Waals surface area contributed by atoms with Gasteiger partial charge in [0.2, 0.25) is 0 Å². The lowest BCUT2D eigenvalue weighted by Crippen LogP contribution is -2.45. The highest BCUT2D eigenvalue weighted by Gasteiger charge is 2.08. The van der Waals surface area contributed by atoms with E-state index < -0.39 is 5.37 Å². The number of hydrogen-bond donors (Lipinski definition) is 2. The van der Waals surface area contributed by atoms with Crippen molar-refractivity contribution in [3.63, 3.8) is 0 Å². The quantitative estimate of drug-likeness (QED) is 0.482. The summed E-state index contributed by atoms with van der Waals surface area (Å²) in [5.74, 6) is 0.